The molecule has 0 saturated heterocycles. The summed E-state index contributed by atoms with van der Waals surface area (Å²) in [6, 6.07) is 14.2. The van der Waals surface area contributed by atoms with Crippen LogP contribution in [0.4, 0.5) is 4.39 Å². The lowest BCUT2D eigenvalue weighted by molar-refractivity contribution is 0.481. The van der Waals surface area contributed by atoms with Crippen LogP contribution < -0.4 is 4.72 Å². The van der Waals surface area contributed by atoms with E-state index < -0.39 is 21.4 Å². The molecule has 1 unspecified atom stereocenters. The van der Waals surface area contributed by atoms with E-state index in [2.05, 4.69) is 20.7 Å². The van der Waals surface area contributed by atoms with Crippen molar-refractivity contribution in [2.45, 2.75) is 17.4 Å². The predicted octanol–water partition coefficient (Wildman–Crippen LogP) is 3.41. The lowest BCUT2D eigenvalue weighted by Crippen LogP contribution is -2.44. The van der Waals surface area contributed by atoms with E-state index in [0.717, 1.165) is 11.6 Å². The highest BCUT2D eigenvalue weighted by molar-refractivity contribution is 9.09. The van der Waals surface area contributed by atoms with E-state index >= 15 is 0 Å². The lowest BCUT2D eigenvalue weighted by atomic mass is 9.96. The van der Waals surface area contributed by atoms with Gasteiger partial charge in [0.2, 0.25) is 10.0 Å². The van der Waals surface area contributed by atoms with Crippen molar-refractivity contribution in [3.8, 4) is 0 Å². The quantitative estimate of drug-likeness (QED) is 0.818. The number of hydrogen-bond donors (Lipinski definition) is 1. The number of halogens is 2. The fraction of sp³-hybridized carbons (Fsp3) is 0.200. The molecule has 0 spiro atoms. The molecule has 21 heavy (non-hydrogen) atoms. The number of rotatable bonds is 5. The van der Waals surface area contributed by atoms with Crippen LogP contribution in [0.5, 0.6) is 0 Å². The maximum absolute atomic E-state index is 13.2. The first-order valence-corrected chi connectivity index (χ1v) is 8.89. The summed E-state index contributed by atoms with van der Waals surface area (Å²) in [5, 5.41) is 0.387. The van der Waals surface area contributed by atoms with Gasteiger partial charge in [-0.2, -0.15) is 0 Å². The van der Waals surface area contributed by atoms with Crippen LogP contribution in [-0.2, 0) is 15.6 Å². The van der Waals surface area contributed by atoms with Gasteiger partial charge in [-0.25, -0.2) is 17.5 Å². The second kappa shape index (κ2) is 6.25. The molecule has 2 aromatic rings. The van der Waals surface area contributed by atoms with Gasteiger partial charge in [0, 0.05) is 5.33 Å². The summed E-state index contributed by atoms with van der Waals surface area (Å²) >= 11 is 3.35. The second-order valence-corrected chi connectivity index (χ2v) is 7.14. The second-order valence-electron chi connectivity index (χ2n) is 4.89. The van der Waals surface area contributed by atoms with Crippen LogP contribution in [0.1, 0.15) is 12.5 Å². The molecule has 2 rings (SSSR count). The Labute approximate surface area is 132 Å². The van der Waals surface area contributed by atoms with Crippen LogP contribution in [0.3, 0.4) is 0 Å². The zero-order valence-corrected chi connectivity index (χ0v) is 13.8. The molecule has 0 aromatic heterocycles. The summed E-state index contributed by atoms with van der Waals surface area (Å²) in [5.41, 5.74) is -0.00581. The molecule has 1 atom stereocenters. The fourth-order valence-corrected chi connectivity index (χ4v) is 4.03. The van der Waals surface area contributed by atoms with Crippen molar-refractivity contribution in [3.05, 3.63) is 66.0 Å². The molecule has 0 aliphatic carbocycles. The van der Waals surface area contributed by atoms with E-state index in [4.69, 9.17) is 0 Å². The first kappa shape index (κ1) is 16.1. The SMILES string of the molecule is CC(CBr)(NS(=O)(=O)c1cccc(F)c1)c1ccccc1. The van der Waals surface area contributed by atoms with Crippen molar-refractivity contribution < 1.29 is 12.8 Å². The van der Waals surface area contributed by atoms with Crippen molar-refractivity contribution >= 4 is 26.0 Å². The Morgan fingerprint density at radius 3 is 2.38 bits per heavy atom. The summed E-state index contributed by atoms with van der Waals surface area (Å²) in [6.45, 7) is 1.77. The van der Waals surface area contributed by atoms with Gasteiger partial charge in [-0.15, -0.1) is 0 Å². The maximum Gasteiger partial charge on any atom is 0.241 e. The van der Waals surface area contributed by atoms with E-state index in [0.29, 0.717) is 5.33 Å². The predicted molar refractivity (Wildman–Crippen MR) is 84.3 cm³/mol. The molecule has 0 bridgehead atoms. The molecule has 112 valence electrons. The van der Waals surface area contributed by atoms with Crippen molar-refractivity contribution in [1.82, 2.24) is 4.72 Å². The monoisotopic (exact) mass is 371 g/mol. The third-order valence-corrected chi connectivity index (χ3v) is 5.86. The van der Waals surface area contributed by atoms with E-state index in [1.165, 1.54) is 18.2 Å². The highest BCUT2D eigenvalue weighted by Gasteiger charge is 2.31. The molecule has 0 fully saturated rings. The Morgan fingerprint density at radius 1 is 1.14 bits per heavy atom. The average molecular weight is 372 g/mol. The Kier molecular flexibility index (Phi) is 4.81. The summed E-state index contributed by atoms with van der Waals surface area (Å²) in [6.07, 6.45) is 0. The van der Waals surface area contributed by atoms with Gasteiger partial charge in [0.25, 0.3) is 0 Å². The van der Waals surface area contributed by atoms with Crippen LogP contribution in [0.15, 0.2) is 59.5 Å². The van der Waals surface area contributed by atoms with Gasteiger partial charge in [0.1, 0.15) is 5.82 Å². The summed E-state index contributed by atoms with van der Waals surface area (Å²) < 4.78 is 40.7. The molecule has 3 nitrogen and oxygen atoms in total. The zero-order chi connectivity index (χ0) is 15.5. The molecule has 0 amide bonds. The Bertz CT molecular complexity index is 721. The minimum absolute atomic E-state index is 0.0920. The van der Waals surface area contributed by atoms with Gasteiger partial charge < -0.3 is 0 Å². The van der Waals surface area contributed by atoms with Crippen LogP contribution in [0.25, 0.3) is 0 Å². The largest absolute Gasteiger partial charge is 0.241 e. The fourth-order valence-electron chi connectivity index (χ4n) is 1.96. The Morgan fingerprint density at radius 2 is 1.81 bits per heavy atom. The molecule has 0 radical (unpaired) electrons. The molecule has 0 heterocycles. The maximum atomic E-state index is 13.2. The third-order valence-electron chi connectivity index (χ3n) is 3.14. The van der Waals surface area contributed by atoms with Crippen LogP contribution in [0, 0.1) is 5.82 Å². The number of sulfonamides is 1. The number of hydrogen-bond acceptors (Lipinski definition) is 2. The van der Waals surface area contributed by atoms with Gasteiger partial charge in [0.05, 0.1) is 10.4 Å². The Hall–Kier alpha value is -1.24. The molecule has 0 aliphatic heterocycles. The van der Waals surface area contributed by atoms with Crippen molar-refractivity contribution in [3.63, 3.8) is 0 Å². The highest BCUT2D eigenvalue weighted by atomic mass is 79.9. The number of alkyl halides is 1. The van der Waals surface area contributed by atoms with E-state index in [1.807, 2.05) is 30.3 Å². The summed E-state index contributed by atoms with van der Waals surface area (Å²) in [4.78, 5) is -0.0920. The molecule has 2 aromatic carbocycles. The van der Waals surface area contributed by atoms with E-state index in [9.17, 15) is 12.8 Å². The number of nitrogens with one attached hydrogen (secondary N) is 1. The minimum atomic E-state index is -3.82. The lowest BCUT2D eigenvalue weighted by Gasteiger charge is -2.29. The normalized spacial score (nSPS) is 14.6. The molecule has 1 N–H and O–H groups in total. The minimum Gasteiger partial charge on any atom is -0.207 e. The molecule has 6 heteroatoms. The van der Waals surface area contributed by atoms with Crippen molar-refractivity contribution in [2.24, 2.45) is 0 Å². The summed E-state index contributed by atoms with van der Waals surface area (Å²) in [5.74, 6) is -0.585. The third kappa shape index (κ3) is 3.70. The van der Waals surface area contributed by atoms with E-state index in [-0.39, 0.29) is 4.90 Å². The van der Waals surface area contributed by atoms with Crippen LogP contribution in [-0.4, -0.2) is 13.7 Å². The molecule has 0 saturated carbocycles. The topological polar surface area (TPSA) is 46.2 Å². The average Bonchev–Trinajstić information content (AvgIpc) is 2.47. The Balaban J connectivity index is 2.38. The van der Waals surface area contributed by atoms with Gasteiger partial charge in [-0.3, -0.25) is 0 Å². The highest BCUT2D eigenvalue weighted by Crippen LogP contribution is 2.25. The van der Waals surface area contributed by atoms with Gasteiger partial charge >= 0.3 is 0 Å². The van der Waals surface area contributed by atoms with Crippen LogP contribution in [0.2, 0.25) is 0 Å². The molecular formula is C15H15BrFNO2S. The van der Waals surface area contributed by atoms with Crippen molar-refractivity contribution in [2.75, 3.05) is 5.33 Å². The van der Waals surface area contributed by atoms with Gasteiger partial charge in [0.15, 0.2) is 0 Å². The van der Waals surface area contributed by atoms with E-state index in [1.54, 1.807) is 6.92 Å². The standard InChI is InChI=1S/C15H15BrFNO2S/c1-15(11-16,12-6-3-2-4-7-12)18-21(19,20)14-9-5-8-13(17)10-14/h2-10,18H,11H2,1H3. The number of benzene rings is 2. The molecule has 0 aliphatic rings. The molecular weight excluding hydrogens is 357 g/mol. The van der Waals surface area contributed by atoms with Gasteiger partial charge in [-0.05, 0) is 30.7 Å². The first-order chi connectivity index (χ1) is 9.87. The summed E-state index contributed by atoms with van der Waals surface area (Å²) in [7, 11) is -3.82. The smallest absolute Gasteiger partial charge is 0.207 e. The zero-order valence-electron chi connectivity index (χ0n) is 11.4. The van der Waals surface area contributed by atoms with Gasteiger partial charge in [-0.1, -0.05) is 52.3 Å². The first-order valence-electron chi connectivity index (χ1n) is 6.28. The van der Waals surface area contributed by atoms with Crippen LogP contribution >= 0.6 is 15.9 Å². The van der Waals surface area contributed by atoms with Crippen molar-refractivity contribution in [1.29, 1.82) is 0 Å².